The maximum Gasteiger partial charge on any atom is 0.339 e. The number of benzene rings is 4. The summed E-state index contributed by atoms with van der Waals surface area (Å²) in [5.41, 5.74) is 2.04. The van der Waals surface area contributed by atoms with Gasteiger partial charge in [0.05, 0.1) is 46.7 Å². The molecule has 1 saturated carbocycles. The second-order valence-electron chi connectivity index (χ2n) is 13.9. The van der Waals surface area contributed by atoms with Gasteiger partial charge in [0.15, 0.2) is 11.6 Å². The number of allylic oxidation sites excluding steroid dienone is 2. The molecule has 4 aromatic rings. The molecule has 2 heterocycles. The molecule has 2 saturated heterocycles. The van der Waals surface area contributed by atoms with Crippen molar-refractivity contribution in [2.75, 3.05) is 17.4 Å². The van der Waals surface area contributed by atoms with Crippen LogP contribution >= 0.6 is 23.2 Å². The van der Waals surface area contributed by atoms with Crippen LogP contribution in [-0.4, -0.2) is 57.0 Å². The van der Waals surface area contributed by atoms with Crippen LogP contribution in [0.1, 0.15) is 40.2 Å². The number of carbonyl (C=O) groups is 5. The zero-order valence-electron chi connectivity index (χ0n) is 28.7. The summed E-state index contributed by atoms with van der Waals surface area (Å²) >= 11 is 12.6. The van der Waals surface area contributed by atoms with Gasteiger partial charge in [0.25, 0.3) is 11.8 Å². The van der Waals surface area contributed by atoms with Gasteiger partial charge in [-0.1, -0.05) is 53.1 Å². The molecule has 0 bridgehead atoms. The third-order valence-electron chi connectivity index (χ3n) is 11.4. The normalized spacial score (nSPS) is 25.7. The summed E-state index contributed by atoms with van der Waals surface area (Å²) < 4.78 is 20.8. The number of nitrogens with one attached hydrogen (secondary N) is 1. The van der Waals surface area contributed by atoms with Crippen molar-refractivity contribution in [3.05, 3.63) is 123 Å². The van der Waals surface area contributed by atoms with Crippen LogP contribution in [0.3, 0.4) is 0 Å². The molecule has 0 aromatic heterocycles. The van der Waals surface area contributed by atoms with Crippen LogP contribution in [0.25, 0.3) is 0 Å². The van der Waals surface area contributed by atoms with E-state index in [1.54, 1.807) is 30.3 Å². The average molecular weight is 787 g/mol. The second kappa shape index (κ2) is 13.1. The molecule has 4 aliphatic rings. The van der Waals surface area contributed by atoms with E-state index in [9.17, 15) is 34.5 Å². The van der Waals surface area contributed by atoms with Gasteiger partial charge < -0.3 is 20.1 Å². The van der Waals surface area contributed by atoms with Crippen LogP contribution in [0, 0.1) is 29.5 Å². The number of hydrazine groups is 1. The molecule has 4 aromatic carbocycles. The Balaban J connectivity index is 1.31. The van der Waals surface area contributed by atoms with Gasteiger partial charge in [-0.25, -0.2) is 14.1 Å². The fourth-order valence-corrected chi connectivity index (χ4v) is 9.47. The molecule has 55 heavy (non-hydrogen) atoms. The van der Waals surface area contributed by atoms with Gasteiger partial charge in [-0.2, -0.15) is 5.01 Å². The molecule has 280 valence electrons. The van der Waals surface area contributed by atoms with Crippen molar-refractivity contribution in [3.63, 3.8) is 0 Å². The average Bonchev–Trinajstić information content (AvgIpc) is 3.54. The number of carbonyl (C=O) groups excluding carboxylic acids is 4. The predicted octanol–water partition coefficient (Wildman–Crippen LogP) is 6.44. The van der Waals surface area contributed by atoms with Crippen LogP contribution in [0.4, 0.5) is 15.8 Å². The Hall–Kier alpha value is -5.92. The number of carboxylic acids is 1. The summed E-state index contributed by atoms with van der Waals surface area (Å²) in [7, 11) is 1.48. The molecule has 8 rings (SSSR count). The van der Waals surface area contributed by atoms with Crippen molar-refractivity contribution >= 4 is 64.2 Å². The zero-order valence-corrected chi connectivity index (χ0v) is 30.2. The smallest absolute Gasteiger partial charge is 0.339 e. The van der Waals surface area contributed by atoms with Crippen molar-refractivity contribution < 1.29 is 48.4 Å². The summed E-state index contributed by atoms with van der Waals surface area (Å²) in [6.45, 7) is 0. The second-order valence-corrected chi connectivity index (χ2v) is 14.8. The van der Waals surface area contributed by atoms with E-state index >= 15 is 9.18 Å². The first-order valence-electron chi connectivity index (χ1n) is 17.1. The number of anilines is 2. The van der Waals surface area contributed by atoms with Crippen LogP contribution in [0.15, 0.2) is 90.5 Å². The number of halogens is 3. The lowest BCUT2D eigenvalue weighted by molar-refractivity contribution is -0.138. The molecule has 0 radical (unpaired) electrons. The summed E-state index contributed by atoms with van der Waals surface area (Å²) in [4.78, 5) is 71.1. The molecular formula is C40H30Cl2FN3O9. The number of phenolic OH excluding ortho intramolecular Hbond substituents is 1. The van der Waals surface area contributed by atoms with E-state index < -0.39 is 87.5 Å². The lowest BCUT2D eigenvalue weighted by Crippen LogP contribution is -2.53. The summed E-state index contributed by atoms with van der Waals surface area (Å²) in [6, 6.07) is 18.2. The van der Waals surface area contributed by atoms with Crippen molar-refractivity contribution in [2.45, 2.75) is 24.2 Å². The first-order valence-corrected chi connectivity index (χ1v) is 17.9. The fourth-order valence-electron chi connectivity index (χ4n) is 9.02. The number of aromatic hydroxyl groups is 2. The van der Waals surface area contributed by atoms with Gasteiger partial charge in [0.1, 0.15) is 17.1 Å². The number of amides is 4. The van der Waals surface area contributed by atoms with Crippen molar-refractivity contribution in [3.8, 4) is 17.2 Å². The zero-order chi connectivity index (χ0) is 39.1. The maximum atomic E-state index is 15.4. The number of carboxylic acid groups (broad SMARTS) is 1. The molecule has 4 amide bonds. The van der Waals surface area contributed by atoms with Crippen LogP contribution in [0.5, 0.6) is 17.2 Å². The highest BCUT2D eigenvalue weighted by Crippen LogP contribution is 2.64. The largest absolute Gasteiger partial charge is 0.507 e. The first kappa shape index (κ1) is 36.1. The standard InChI is InChI=1S/C40H30Cl2FN3O9/c1-55-22-7-3-19(4-8-22)40-27(36(50)46(39(40)54)44-30-12-5-20(41)15-28(30)42)17-26-23(34(40)18-2-13-31(47)29(43)14-18)10-11-25-33(26)37(51)45(35(25)49)21-6-9-24(38(52)53)32(48)16-21/h2-10,12-16,25-27,33-34,44,47-48H,11,17H2,1H3,(H,52,53)/t25-,26+,27-,33-,34-,40+/m0/s1. The highest BCUT2D eigenvalue weighted by molar-refractivity contribution is 6.36. The Labute approximate surface area is 322 Å². The summed E-state index contributed by atoms with van der Waals surface area (Å²) in [6.07, 6.45) is 1.73. The van der Waals surface area contributed by atoms with E-state index in [1.165, 1.54) is 37.4 Å². The lowest BCUT2D eigenvalue weighted by atomic mass is 9.49. The van der Waals surface area contributed by atoms with E-state index in [0.717, 1.165) is 34.2 Å². The molecular weight excluding hydrogens is 756 g/mol. The van der Waals surface area contributed by atoms with Gasteiger partial charge in [-0.3, -0.25) is 24.6 Å². The van der Waals surface area contributed by atoms with Crippen molar-refractivity contribution in [2.24, 2.45) is 23.7 Å². The summed E-state index contributed by atoms with van der Waals surface area (Å²) in [5.74, 6) is -10.8. The molecule has 2 aliphatic carbocycles. The number of aromatic carboxylic acids is 1. The van der Waals surface area contributed by atoms with Crippen molar-refractivity contribution in [1.29, 1.82) is 0 Å². The highest BCUT2D eigenvalue weighted by atomic mass is 35.5. The molecule has 15 heteroatoms. The summed E-state index contributed by atoms with van der Waals surface area (Å²) in [5, 5.41) is 31.4. The van der Waals surface area contributed by atoms with Crippen molar-refractivity contribution in [1.82, 2.24) is 5.01 Å². The number of hydrogen-bond acceptors (Lipinski definition) is 9. The maximum absolute atomic E-state index is 15.4. The number of methoxy groups -OCH3 is 1. The number of hydrogen-bond donors (Lipinski definition) is 4. The first-order chi connectivity index (χ1) is 26.3. The van der Waals surface area contributed by atoms with Gasteiger partial charge in [0, 0.05) is 17.0 Å². The molecule has 0 unspecified atom stereocenters. The third kappa shape index (κ3) is 5.35. The molecule has 2 aliphatic heterocycles. The Morgan fingerprint density at radius 1 is 0.891 bits per heavy atom. The van der Waals surface area contributed by atoms with Crippen LogP contribution in [-0.2, 0) is 24.6 Å². The minimum Gasteiger partial charge on any atom is -0.507 e. The molecule has 3 fully saturated rings. The number of nitrogens with zero attached hydrogens (tertiary/aromatic N) is 2. The minimum atomic E-state index is -1.75. The SMILES string of the molecule is COc1ccc([C@@]23C(=O)N(Nc4ccc(Cl)cc4Cl)C(=O)[C@@H]2C[C@@H]2C(=CC[C@@H]4C(=O)N(c5ccc(C(=O)O)c(O)c5)C(=O)[C@@H]42)[C@@H]3c2ccc(O)c(F)c2)cc1. The van der Waals surface area contributed by atoms with Gasteiger partial charge >= 0.3 is 5.97 Å². The van der Waals surface area contributed by atoms with Gasteiger partial charge in [-0.15, -0.1) is 0 Å². The molecule has 6 atom stereocenters. The Morgan fingerprint density at radius 2 is 1.64 bits per heavy atom. The number of rotatable bonds is 7. The van der Waals surface area contributed by atoms with E-state index in [1.807, 2.05) is 0 Å². The quantitative estimate of drug-likeness (QED) is 0.121. The number of imide groups is 2. The molecule has 0 spiro atoms. The van der Waals surface area contributed by atoms with Crippen LogP contribution in [0.2, 0.25) is 10.0 Å². The fraction of sp³-hybridized carbons (Fsp3) is 0.225. The highest BCUT2D eigenvalue weighted by Gasteiger charge is 2.70. The van der Waals surface area contributed by atoms with E-state index in [4.69, 9.17) is 27.9 Å². The van der Waals surface area contributed by atoms with Crippen LogP contribution < -0.4 is 15.1 Å². The third-order valence-corrected chi connectivity index (χ3v) is 11.9. The van der Waals surface area contributed by atoms with Gasteiger partial charge in [-0.05, 0) is 84.5 Å². The topological polar surface area (TPSA) is 174 Å². The monoisotopic (exact) mass is 785 g/mol. The lowest BCUT2D eigenvalue weighted by Gasteiger charge is -2.50. The Bertz CT molecular complexity index is 2390. The predicted molar refractivity (Wildman–Crippen MR) is 196 cm³/mol. The van der Waals surface area contributed by atoms with Gasteiger partial charge in [0.2, 0.25) is 11.8 Å². The Morgan fingerprint density at radius 3 is 2.29 bits per heavy atom. The Kier molecular flexibility index (Phi) is 8.61. The molecule has 12 nitrogen and oxygen atoms in total. The number of phenols is 2. The molecule has 4 N–H and O–H groups in total. The van der Waals surface area contributed by atoms with E-state index in [-0.39, 0.29) is 34.8 Å². The minimum absolute atomic E-state index is 0.0312. The number of fused-ring (bicyclic) bond motifs is 4. The number of ether oxygens (including phenoxy) is 1. The van der Waals surface area contributed by atoms with E-state index in [0.29, 0.717) is 21.9 Å². The van der Waals surface area contributed by atoms with E-state index in [2.05, 4.69) is 5.43 Å².